The lowest BCUT2D eigenvalue weighted by Crippen LogP contribution is -2.14. The molecule has 0 aliphatic rings. The van der Waals surface area contributed by atoms with Crippen LogP contribution in [0.2, 0.25) is 0 Å². The van der Waals surface area contributed by atoms with Gasteiger partial charge in [0.25, 0.3) is 0 Å². The lowest BCUT2D eigenvalue weighted by molar-refractivity contribution is 0.437. The second-order valence-electron chi connectivity index (χ2n) is 7.25. The summed E-state index contributed by atoms with van der Waals surface area (Å²) in [7, 11) is -3.81. The third-order valence-electron chi connectivity index (χ3n) is 5.08. The van der Waals surface area contributed by atoms with Crippen LogP contribution in [0.15, 0.2) is 66.9 Å². The zero-order valence-corrected chi connectivity index (χ0v) is 19.5. The fourth-order valence-corrected chi connectivity index (χ4v) is 5.44. The minimum Gasteiger partial charge on any atom is -0.454 e. The number of halogens is 3. The van der Waals surface area contributed by atoms with Crippen molar-refractivity contribution in [3.05, 3.63) is 95.2 Å². The maximum atomic E-state index is 15.2. The Bertz CT molecular complexity index is 1480. The van der Waals surface area contributed by atoms with Crippen LogP contribution in [0.4, 0.5) is 8.78 Å². The first-order valence-corrected chi connectivity index (χ1v) is 12.6. The second-order valence-corrected chi connectivity index (χ2v) is 9.89. The molecule has 0 N–H and O–H groups in total. The lowest BCUT2D eigenvalue weighted by atomic mass is 10.1. The normalized spacial score (nSPS) is 11.5. The SMILES string of the molecule is N#Cc1cc(Oc2c(F)cc3c(ccn3S(=O)(=O)Cc3ccccc3)c2CCBr)ccc1F. The summed E-state index contributed by atoms with van der Waals surface area (Å²) in [5.41, 5.74) is 1.04. The van der Waals surface area contributed by atoms with Crippen molar-refractivity contribution in [2.75, 3.05) is 5.33 Å². The van der Waals surface area contributed by atoms with Gasteiger partial charge in [0.2, 0.25) is 10.0 Å². The standard InChI is InChI=1S/C24H17BrF2N2O3S/c25-10-8-20-19-9-11-29(33(30,31)15-16-4-2-1-3-5-16)23(19)13-22(27)24(20)32-18-6-7-21(26)17(12-18)14-28/h1-7,9,11-13H,8,10,15H2. The van der Waals surface area contributed by atoms with E-state index in [1.807, 2.05) is 0 Å². The average molecular weight is 531 g/mol. The van der Waals surface area contributed by atoms with E-state index >= 15 is 4.39 Å². The monoisotopic (exact) mass is 530 g/mol. The Kier molecular flexibility index (Phi) is 6.49. The van der Waals surface area contributed by atoms with Gasteiger partial charge in [0.15, 0.2) is 11.6 Å². The van der Waals surface area contributed by atoms with Gasteiger partial charge < -0.3 is 4.74 Å². The third kappa shape index (κ3) is 4.63. The first-order chi connectivity index (χ1) is 15.8. The molecule has 3 aromatic carbocycles. The van der Waals surface area contributed by atoms with Gasteiger partial charge in [-0.15, -0.1) is 0 Å². The zero-order valence-electron chi connectivity index (χ0n) is 17.1. The summed E-state index contributed by atoms with van der Waals surface area (Å²) >= 11 is 3.34. The van der Waals surface area contributed by atoms with E-state index in [2.05, 4.69) is 15.9 Å². The predicted molar refractivity (Wildman–Crippen MR) is 125 cm³/mol. The van der Waals surface area contributed by atoms with Crippen LogP contribution in [-0.4, -0.2) is 17.7 Å². The molecule has 4 rings (SSSR count). The molecule has 0 aliphatic carbocycles. The molecule has 0 saturated carbocycles. The van der Waals surface area contributed by atoms with Crippen molar-refractivity contribution in [1.82, 2.24) is 3.97 Å². The number of ether oxygens (including phenoxy) is 1. The molecule has 4 aromatic rings. The van der Waals surface area contributed by atoms with Gasteiger partial charge in [0.1, 0.15) is 17.6 Å². The van der Waals surface area contributed by atoms with E-state index in [9.17, 15) is 12.8 Å². The van der Waals surface area contributed by atoms with Gasteiger partial charge in [-0.3, -0.25) is 0 Å². The van der Waals surface area contributed by atoms with Crippen LogP contribution < -0.4 is 4.74 Å². The third-order valence-corrected chi connectivity index (χ3v) is 7.10. The quantitative estimate of drug-likeness (QED) is 0.279. The number of hydrogen-bond donors (Lipinski definition) is 0. The van der Waals surface area contributed by atoms with Crippen LogP contribution >= 0.6 is 15.9 Å². The Balaban J connectivity index is 1.81. The van der Waals surface area contributed by atoms with Crippen molar-refractivity contribution in [2.45, 2.75) is 12.2 Å². The molecule has 1 heterocycles. The molecule has 168 valence electrons. The summed E-state index contributed by atoms with van der Waals surface area (Å²) in [4.78, 5) is 0. The Morgan fingerprint density at radius 1 is 1.03 bits per heavy atom. The highest BCUT2D eigenvalue weighted by atomic mass is 79.9. The molecule has 33 heavy (non-hydrogen) atoms. The van der Waals surface area contributed by atoms with E-state index in [0.29, 0.717) is 28.3 Å². The van der Waals surface area contributed by atoms with Crippen LogP contribution in [0.25, 0.3) is 10.9 Å². The van der Waals surface area contributed by atoms with Gasteiger partial charge in [-0.25, -0.2) is 21.2 Å². The second kappa shape index (κ2) is 9.33. The first kappa shape index (κ1) is 23.0. The summed E-state index contributed by atoms with van der Waals surface area (Å²) in [6.45, 7) is 0. The van der Waals surface area contributed by atoms with E-state index in [4.69, 9.17) is 10.00 Å². The predicted octanol–water partition coefficient (Wildman–Crippen LogP) is 5.90. The maximum Gasteiger partial charge on any atom is 0.243 e. The number of aromatic nitrogens is 1. The van der Waals surface area contributed by atoms with Crippen LogP contribution in [0, 0.1) is 23.0 Å². The molecule has 9 heteroatoms. The molecule has 0 radical (unpaired) electrons. The number of rotatable bonds is 7. The molecular formula is C24H17BrF2N2O3S. The molecule has 0 fully saturated rings. The van der Waals surface area contributed by atoms with Gasteiger partial charge >= 0.3 is 0 Å². The van der Waals surface area contributed by atoms with E-state index in [-0.39, 0.29) is 28.3 Å². The van der Waals surface area contributed by atoms with Crippen molar-refractivity contribution >= 4 is 36.9 Å². The number of aryl methyl sites for hydroxylation is 1. The largest absolute Gasteiger partial charge is 0.454 e. The maximum absolute atomic E-state index is 15.2. The van der Waals surface area contributed by atoms with E-state index in [1.54, 1.807) is 42.5 Å². The van der Waals surface area contributed by atoms with Crippen LogP contribution in [-0.2, 0) is 22.2 Å². The average Bonchev–Trinajstić information content (AvgIpc) is 3.22. The van der Waals surface area contributed by atoms with Gasteiger partial charge in [-0.05, 0) is 30.2 Å². The van der Waals surface area contributed by atoms with E-state index < -0.39 is 21.7 Å². The van der Waals surface area contributed by atoms with Gasteiger partial charge in [0.05, 0.1) is 16.8 Å². The molecule has 0 amide bonds. The molecule has 0 unspecified atom stereocenters. The summed E-state index contributed by atoms with van der Waals surface area (Å²) in [5, 5.41) is 10.0. The summed E-state index contributed by atoms with van der Waals surface area (Å²) in [6.07, 6.45) is 1.74. The fraction of sp³-hybridized carbons (Fsp3) is 0.125. The van der Waals surface area contributed by atoms with Gasteiger partial charge in [-0.1, -0.05) is 46.3 Å². The van der Waals surface area contributed by atoms with Gasteiger partial charge in [0, 0.05) is 34.6 Å². The minimum absolute atomic E-state index is 0.0955. The number of nitrogens with zero attached hydrogens (tertiary/aromatic N) is 2. The van der Waals surface area contributed by atoms with Crippen LogP contribution in [0.3, 0.4) is 0 Å². The number of benzene rings is 3. The molecule has 0 spiro atoms. The van der Waals surface area contributed by atoms with Crippen molar-refractivity contribution < 1.29 is 21.9 Å². The topological polar surface area (TPSA) is 72.1 Å². The van der Waals surface area contributed by atoms with Crippen molar-refractivity contribution in [2.24, 2.45) is 0 Å². The number of hydrogen-bond acceptors (Lipinski definition) is 4. The zero-order chi connectivity index (χ0) is 23.6. The first-order valence-electron chi connectivity index (χ1n) is 9.87. The Morgan fingerprint density at radius 3 is 2.48 bits per heavy atom. The van der Waals surface area contributed by atoms with Crippen molar-refractivity contribution in [3.8, 4) is 17.6 Å². The Morgan fingerprint density at radius 2 is 1.79 bits per heavy atom. The summed E-state index contributed by atoms with van der Waals surface area (Å²) in [5.74, 6) is -1.72. The molecule has 0 saturated heterocycles. The van der Waals surface area contributed by atoms with Crippen LogP contribution in [0.5, 0.6) is 11.5 Å². The highest BCUT2D eigenvalue weighted by Gasteiger charge is 2.23. The molecule has 0 atom stereocenters. The number of alkyl halides is 1. The van der Waals surface area contributed by atoms with E-state index in [0.717, 1.165) is 16.1 Å². The molecule has 0 aliphatic heterocycles. The summed E-state index contributed by atoms with van der Waals surface area (Å²) < 4.78 is 61.8. The van der Waals surface area contributed by atoms with Crippen molar-refractivity contribution in [3.63, 3.8) is 0 Å². The highest BCUT2D eigenvalue weighted by Crippen LogP contribution is 2.37. The number of nitriles is 1. The Hall–Kier alpha value is -3.22. The van der Waals surface area contributed by atoms with Crippen molar-refractivity contribution in [1.29, 1.82) is 5.26 Å². The summed E-state index contributed by atoms with van der Waals surface area (Å²) in [6, 6.07) is 16.7. The lowest BCUT2D eigenvalue weighted by Gasteiger charge is -2.15. The Labute approximate surface area is 198 Å². The van der Waals surface area contributed by atoms with Crippen LogP contribution in [0.1, 0.15) is 16.7 Å². The van der Waals surface area contributed by atoms with E-state index in [1.165, 1.54) is 18.3 Å². The highest BCUT2D eigenvalue weighted by molar-refractivity contribution is 9.09. The molecule has 0 bridgehead atoms. The fourth-order valence-electron chi connectivity index (χ4n) is 3.60. The smallest absolute Gasteiger partial charge is 0.243 e. The number of fused-ring (bicyclic) bond motifs is 1. The van der Waals surface area contributed by atoms with Gasteiger partial charge in [-0.2, -0.15) is 5.26 Å². The molecular weight excluding hydrogens is 514 g/mol. The minimum atomic E-state index is -3.81. The molecule has 1 aromatic heterocycles. The molecule has 5 nitrogen and oxygen atoms in total.